The van der Waals surface area contributed by atoms with Crippen molar-refractivity contribution in [2.24, 2.45) is 5.41 Å². The summed E-state index contributed by atoms with van der Waals surface area (Å²) in [5.74, 6) is -0.854. The third-order valence-corrected chi connectivity index (χ3v) is 4.07. The lowest BCUT2D eigenvalue weighted by Crippen LogP contribution is -2.63. The maximum atomic E-state index is 12.5. The van der Waals surface area contributed by atoms with Crippen molar-refractivity contribution in [1.29, 1.82) is 0 Å². The van der Waals surface area contributed by atoms with Crippen LogP contribution in [-0.4, -0.2) is 42.5 Å². The third-order valence-electron chi connectivity index (χ3n) is 4.07. The van der Waals surface area contributed by atoms with Gasteiger partial charge in [0.05, 0.1) is 0 Å². The molecule has 1 N–H and O–H groups in total. The fraction of sp³-hybridized carbons (Fsp3) is 0.800. The summed E-state index contributed by atoms with van der Waals surface area (Å²) in [4.78, 5) is 37.5. The molecule has 1 heterocycles. The summed E-state index contributed by atoms with van der Waals surface area (Å²) >= 11 is 0. The zero-order valence-electron chi connectivity index (χ0n) is 13.2. The first-order chi connectivity index (χ1) is 10.0. The number of rotatable bonds is 9. The molecule has 1 aliphatic rings. The van der Waals surface area contributed by atoms with Crippen LogP contribution in [0.4, 0.5) is 4.79 Å². The number of barbiturate groups is 1. The quantitative estimate of drug-likeness (QED) is 0.522. The van der Waals surface area contributed by atoms with Gasteiger partial charge in [-0.1, -0.05) is 27.2 Å². The number of unbranched alkanes of at least 4 members (excludes halogenated alkanes) is 1. The molecule has 0 aliphatic carbocycles. The zero-order chi connectivity index (χ0) is 15.9. The van der Waals surface area contributed by atoms with Crippen LogP contribution < -0.4 is 5.32 Å². The van der Waals surface area contributed by atoms with Crippen molar-refractivity contribution < 1.29 is 19.1 Å². The Bertz CT molecular complexity index is 391. The van der Waals surface area contributed by atoms with Crippen LogP contribution in [0, 0.1) is 5.41 Å². The second-order valence-corrected chi connectivity index (χ2v) is 5.32. The molecule has 0 aromatic carbocycles. The molecular formula is C15H26N2O4. The predicted molar refractivity (Wildman–Crippen MR) is 78.6 cm³/mol. The van der Waals surface area contributed by atoms with Gasteiger partial charge in [-0.3, -0.25) is 19.8 Å². The largest absolute Gasteiger partial charge is 0.381 e. The molecule has 0 atom stereocenters. The van der Waals surface area contributed by atoms with Crippen LogP contribution in [0.15, 0.2) is 0 Å². The van der Waals surface area contributed by atoms with Crippen molar-refractivity contribution in [3.8, 4) is 0 Å². The van der Waals surface area contributed by atoms with Crippen LogP contribution in [0.2, 0.25) is 0 Å². The molecule has 0 radical (unpaired) electrons. The Kier molecular flexibility index (Phi) is 6.81. The second-order valence-electron chi connectivity index (χ2n) is 5.32. The number of nitrogens with zero attached hydrogens (tertiary/aromatic N) is 1. The Morgan fingerprint density at radius 2 is 1.67 bits per heavy atom. The average molecular weight is 298 g/mol. The van der Waals surface area contributed by atoms with E-state index < -0.39 is 17.4 Å². The van der Waals surface area contributed by atoms with E-state index >= 15 is 0 Å². The van der Waals surface area contributed by atoms with Crippen LogP contribution >= 0.6 is 0 Å². The second kappa shape index (κ2) is 8.12. The van der Waals surface area contributed by atoms with E-state index in [1.807, 2.05) is 0 Å². The van der Waals surface area contributed by atoms with E-state index in [1.165, 1.54) is 0 Å². The minimum atomic E-state index is -1.10. The number of carbonyl (C=O) groups excluding carboxylic acids is 3. The van der Waals surface area contributed by atoms with Crippen molar-refractivity contribution >= 4 is 17.8 Å². The molecule has 4 amide bonds. The van der Waals surface area contributed by atoms with Crippen LogP contribution in [0.1, 0.15) is 52.9 Å². The van der Waals surface area contributed by atoms with E-state index in [0.29, 0.717) is 32.5 Å². The summed E-state index contributed by atoms with van der Waals surface area (Å²) < 4.78 is 5.42. The highest BCUT2D eigenvalue weighted by Gasteiger charge is 2.51. The molecule has 0 aromatic heterocycles. The number of ether oxygens (including phenoxy) is 1. The number of hydrogen-bond donors (Lipinski definition) is 1. The number of urea groups is 1. The lowest BCUT2D eigenvalue weighted by molar-refractivity contribution is -0.152. The van der Waals surface area contributed by atoms with Gasteiger partial charge in [0.1, 0.15) is 5.41 Å². The monoisotopic (exact) mass is 298 g/mol. The average Bonchev–Trinajstić information content (AvgIpc) is 2.47. The summed E-state index contributed by atoms with van der Waals surface area (Å²) in [6.07, 6.45) is 3.45. The van der Waals surface area contributed by atoms with Crippen molar-refractivity contribution in [3.05, 3.63) is 0 Å². The Morgan fingerprint density at radius 3 is 2.24 bits per heavy atom. The fourth-order valence-corrected chi connectivity index (χ4v) is 2.48. The normalized spacial score (nSPS) is 18.0. The minimum Gasteiger partial charge on any atom is -0.381 e. The van der Waals surface area contributed by atoms with Gasteiger partial charge in [0.25, 0.3) is 0 Å². The number of hydrogen-bond acceptors (Lipinski definition) is 4. The first-order valence-corrected chi connectivity index (χ1v) is 7.78. The van der Waals surface area contributed by atoms with Gasteiger partial charge < -0.3 is 4.74 Å². The standard InChI is InChI=1S/C15H26N2O4/c1-4-7-10-21-11-8-9-17-13(19)15(5-2,6-3)12(18)16-14(17)20/h4-11H2,1-3H3,(H,16,18,20). The first-order valence-electron chi connectivity index (χ1n) is 7.78. The molecular weight excluding hydrogens is 272 g/mol. The van der Waals surface area contributed by atoms with Gasteiger partial charge in [-0.2, -0.15) is 0 Å². The molecule has 1 fully saturated rings. The molecule has 0 bridgehead atoms. The number of carbonyl (C=O) groups is 3. The van der Waals surface area contributed by atoms with Crippen LogP contribution in [-0.2, 0) is 14.3 Å². The number of amides is 4. The first kappa shape index (κ1) is 17.6. The van der Waals surface area contributed by atoms with E-state index in [-0.39, 0.29) is 12.5 Å². The topological polar surface area (TPSA) is 75.7 Å². The minimum absolute atomic E-state index is 0.284. The van der Waals surface area contributed by atoms with Crippen LogP contribution in [0.5, 0.6) is 0 Å². The summed E-state index contributed by atoms with van der Waals surface area (Å²) in [5, 5.41) is 2.30. The maximum Gasteiger partial charge on any atom is 0.330 e. The van der Waals surface area contributed by atoms with Gasteiger partial charge in [-0.25, -0.2) is 4.79 Å². The smallest absolute Gasteiger partial charge is 0.330 e. The molecule has 1 saturated heterocycles. The lowest BCUT2D eigenvalue weighted by Gasteiger charge is -2.38. The Labute approximate surface area is 126 Å². The molecule has 1 rings (SSSR count). The fourth-order valence-electron chi connectivity index (χ4n) is 2.48. The van der Waals surface area contributed by atoms with Crippen molar-refractivity contribution in [2.45, 2.75) is 52.9 Å². The highest BCUT2D eigenvalue weighted by atomic mass is 16.5. The Balaban J connectivity index is 2.58. The van der Waals surface area contributed by atoms with Gasteiger partial charge in [-0.15, -0.1) is 0 Å². The molecule has 0 aromatic rings. The number of imide groups is 2. The highest BCUT2D eigenvalue weighted by molar-refractivity contribution is 6.19. The van der Waals surface area contributed by atoms with Gasteiger partial charge in [-0.05, 0) is 25.7 Å². The zero-order valence-corrected chi connectivity index (χ0v) is 13.2. The van der Waals surface area contributed by atoms with Crippen LogP contribution in [0.3, 0.4) is 0 Å². The summed E-state index contributed by atoms with van der Waals surface area (Å²) in [6, 6.07) is -0.615. The third kappa shape index (κ3) is 3.81. The van der Waals surface area contributed by atoms with Gasteiger partial charge >= 0.3 is 6.03 Å². The predicted octanol–water partition coefficient (Wildman–Crippen LogP) is 2.08. The van der Waals surface area contributed by atoms with Crippen molar-refractivity contribution in [1.82, 2.24) is 10.2 Å². The van der Waals surface area contributed by atoms with Crippen molar-refractivity contribution in [3.63, 3.8) is 0 Å². The van der Waals surface area contributed by atoms with Crippen LogP contribution in [0.25, 0.3) is 0 Å². The Hall–Kier alpha value is -1.43. The molecule has 1 aliphatic heterocycles. The molecule has 0 saturated carbocycles. The molecule has 21 heavy (non-hydrogen) atoms. The van der Waals surface area contributed by atoms with Crippen molar-refractivity contribution in [2.75, 3.05) is 19.8 Å². The number of nitrogens with one attached hydrogen (secondary N) is 1. The molecule has 6 heteroatoms. The summed E-state index contributed by atoms with van der Waals surface area (Å²) in [6.45, 7) is 7.17. The van der Waals surface area contributed by atoms with E-state index in [1.54, 1.807) is 13.8 Å². The molecule has 6 nitrogen and oxygen atoms in total. The van der Waals surface area contributed by atoms with E-state index in [9.17, 15) is 14.4 Å². The SMILES string of the molecule is CCCCOCCCN1C(=O)NC(=O)C(CC)(CC)C1=O. The van der Waals surface area contributed by atoms with E-state index in [0.717, 1.165) is 17.7 Å². The van der Waals surface area contributed by atoms with E-state index in [2.05, 4.69) is 12.2 Å². The summed E-state index contributed by atoms with van der Waals surface area (Å²) in [7, 11) is 0. The van der Waals surface area contributed by atoms with Gasteiger partial charge in [0, 0.05) is 19.8 Å². The molecule has 0 unspecified atom stereocenters. The maximum absolute atomic E-state index is 12.5. The molecule has 120 valence electrons. The Morgan fingerprint density at radius 1 is 1.05 bits per heavy atom. The molecule has 0 spiro atoms. The highest BCUT2D eigenvalue weighted by Crippen LogP contribution is 2.32. The lowest BCUT2D eigenvalue weighted by atomic mass is 9.78. The van der Waals surface area contributed by atoms with Gasteiger partial charge in [0.2, 0.25) is 11.8 Å². The van der Waals surface area contributed by atoms with Gasteiger partial charge in [0.15, 0.2) is 0 Å². The summed E-state index contributed by atoms with van der Waals surface area (Å²) in [5.41, 5.74) is -1.10. The van der Waals surface area contributed by atoms with E-state index in [4.69, 9.17) is 4.74 Å².